The van der Waals surface area contributed by atoms with E-state index in [-0.39, 0.29) is 17.0 Å². The first kappa shape index (κ1) is 9.18. The summed E-state index contributed by atoms with van der Waals surface area (Å²) in [5, 5.41) is 19.5. The molecule has 68 valence electrons. The van der Waals surface area contributed by atoms with E-state index in [0.29, 0.717) is 11.8 Å². The van der Waals surface area contributed by atoms with Gasteiger partial charge in [0.05, 0.1) is 16.6 Å². The number of aldehydes is 1. The molecule has 5 heteroatoms. The Bertz CT molecular complexity index is 373. The van der Waals surface area contributed by atoms with Gasteiger partial charge < -0.3 is 5.11 Å². The number of benzene rings is 1. The Morgan fingerprint density at radius 3 is 2.62 bits per heavy atom. The van der Waals surface area contributed by atoms with Crippen LogP contribution in [0.4, 0.5) is 5.69 Å². The van der Waals surface area contributed by atoms with Crippen molar-refractivity contribution in [1.82, 2.24) is 0 Å². The van der Waals surface area contributed by atoms with Crippen LogP contribution >= 0.6 is 0 Å². The van der Waals surface area contributed by atoms with Gasteiger partial charge in [-0.2, -0.15) is 0 Å². The minimum Gasteiger partial charge on any atom is -0.507 e. The number of phenols is 1. The number of hydrogen-bond acceptors (Lipinski definition) is 4. The van der Waals surface area contributed by atoms with Crippen LogP contribution in [-0.4, -0.2) is 16.3 Å². The minimum absolute atomic E-state index is 0.0275. The van der Waals surface area contributed by atoms with E-state index >= 15 is 0 Å². The Hall–Kier alpha value is -1.91. The van der Waals surface area contributed by atoms with E-state index in [2.05, 4.69) is 0 Å². The van der Waals surface area contributed by atoms with Crippen LogP contribution in [0.3, 0.4) is 0 Å². The summed E-state index contributed by atoms with van der Waals surface area (Å²) < 4.78 is 0. The summed E-state index contributed by atoms with van der Waals surface area (Å²) in [7, 11) is 0. The quantitative estimate of drug-likeness (QED) is 0.425. The number of carbonyl (C=O) groups is 1. The fraction of sp³-hybridized carbons (Fsp3) is 0.125. The number of rotatable bonds is 2. The van der Waals surface area contributed by atoms with Gasteiger partial charge in [0.2, 0.25) is 0 Å². The molecule has 0 unspecified atom stereocenters. The molecule has 0 amide bonds. The average Bonchev–Trinajstić information content (AvgIpc) is 2.08. The Morgan fingerprint density at radius 1 is 1.54 bits per heavy atom. The molecule has 0 atom stereocenters. The molecule has 1 aromatic carbocycles. The molecule has 1 rings (SSSR count). The van der Waals surface area contributed by atoms with Crippen molar-refractivity contribution < 1.29 is 14.8 Å². The number of nitro groups is 1. The number of carbonyl (C=O) groups excluding carboxylic acids is 1. The summed E-state index contributed by atoms with van der Waals surface area (Å²) in [5.41, 5.74) is 0.0334. The van der Waals surface area contributed by atoms with Gasteiger partial charge in [-0.3, -0.25) is 14.9 Å². The molecule has 0 aromatic heterocycles. The summed E-state index contributed by atoms with van der Waals surface area (Å²) in [4.78, 5) is 20.1. The van der Waals surface area contributed by atoms with E-state index in [1.54, 1.807) is 6.92 Å². The lowest BCUT2D eigenvalue weighted by atomic mass is 10.1. The lowest BCUT2D eigenvalue weighted by Gasteiger charge is -2.00. The number of aromatic hydroxyl groups is 1. The maximum atomic E-state index is 10.4. The first-order valence-electron chi connectivity index (χ1n) is 3.49. The summed E-state index contributed by atoms with van der Waals surface area (Å²) in [6, 6.07) is 2.25. The first-order chi connectivity index (χ1) is 6.06. The van der Waals surface area contributed by atoms with Crippen LogP contribution in [0.2, 0.25) is 0 Å². The van der Waals surface area contributed by atoms with E-state index in [9.17, 15) is 14.9 Å². The van der Waals surface area contributed by atoms with Crippen molar-refractivity contribution in [2.45, 2.75) is 6.92 Å². The Balaban J connectivity index is 3.41. The van der Waals surface area contributed by atoms with Crippen LogP contribution in [0.1, 0.15) is 15.9 Å². The summed E-state index contributed by atoms with van der Waals surface area (Å²) in [6.45, 7) is 1.56. The van der Waals surface area contributed by atoms with Gasteiger partial charge in [-0.25, -0.2) is 0 Å². The van der Waals surface area contributed by atoms with Crippen LogP contribution in [-0.2, 0) is 0 Å². The monoisotopic (exact) mass is 181 g/mol. The summed E-state index contributed by atoms with van der Waals surface area (Å²) >= 11 is 0. The zero-order valence-corrected chi connectivity index (χ0v) is 6.85. The number of aryl methyl sites for hydroxylation is 1. The second-order valence-corrected chi connectivity index (χ2v) is 2.57. The maximum Gasteiger partial charge on any atom is 0.283 e. The minimum atomic E-state index is -0.705. The molecule has 0 heterocycles. The topological polar surface area (TPSA) is 80.4 Å². The molecule has 0 aliphatic rings. The molecule has 0 bridgehead atoms. The second kappa shape index (κ2) is 3.22. The molecule has 0 saturated heterocycles. The smallest absolute Gasteiger partial charge is 0.283 e. The number of nitrogens with zero attached hydrogens (tertiary/aromatic N) is 1. The lowest BCUT2D eigenvalue weighted by molar-refractivity contribution is -0.385. The Morgan fingerprint density at radius 2 is 2.15 bits per heavy atom. The SMILES string of the molecule is Cc1cc(C=O)c([N+](=O)[O-])cc1O. The third-order valence-electron chi connectivity index (χ3n) is 1.67. The van der Waals surface area contributed by atoms with E-state index in [0.717, 1.165) is 6.07 Å². The molecule has 13 heavy (non-hydrogen) atoms. The fourth-order valence-corrected chi connectivity index (χ4v) is 0.960. The van der Waals surface area contributed by atoms with Gasteiger partial charge in [0.25, 0.3) is 5.69 Å². The van der Waals surface area contributed by atoms with Gasteiger partial charge in [-0.15, -0.1) is 0 Å². The maximum absolute atomic E-state index is 10.4. The van der Waals surface area contributed by atoms with Crippen molar-refractivity contribution in [3.63, 3.8) is 0 Å². The number of phenolic OH excluding ortho intramolecular Hbond substituents is 1. The zero-order valence-electron chi connectivity index (χ0n) is 6.85. The van der Waals surface area contributed by atoms with Crippen LogP contribution in [0, 0.1) is 17.0 Å². The second-order valence-electron chi connectivity index (χ2n) is 2.57. The van der Waals surface area contributed by atoms with Crippen molar-refractivity contribution in [3.05, 3.63) is 33.4 Å². The van der Waals surface area contributed by atoms with Crippen LogP contribution in [0.5, 0.6) is 5.75 Å². The Kier molecular flexibility index (Phi) is 2.27. The van der Waals surface area contributed by atoms with Crippen molar-refractivity contribution in [1.29, 1.82) is 0 Å². The van der Waals surface area contributed by atoms with Crippen molar-refractivity contribution in [3.8, 4) is 5.75 Å². The van der Waals surface area contributed by atoms with Gasteiger partial charge in [-0.05, 0) is 18.6 Å². The van der Waals surface area contributed by atoms with Crippen molar-refractivity contribution in [2.24, 2.45) is 0 Å². The summed E-state index contributed by atoms with van der Waals surface area (Å²) in [6.07, 6.45) is 0.393. The highest BCUT2D eigenvalue weighted by Crippen LogP contribution is 2.26. The van der Waals surface area contributed by atoms with Crippen molar-refractivity contribution in [2.75, 3.05) is 0 Å². The van der Waals surface area contributed by atoms with Crippen LogP contribution < -0.4 is 0 Å². The largest absolute Gasteiger partial charge is 0.507 e. The van der Waals surface area contributed by atoms with Gasteiger partial charge >= 0.3 is 0 Å². The lowest BCUT2D eigenvalue weighted by Crippen LogP contribution is -1.94. The molecule has 0 aliphatic heterocycles. The standard InChI is InChI=1S/C8H7NO4/c1-5-2-6(4-10)7(9(12)13)3-8(5)11/h2-4,11H,1H3. The third-order valence-corrected chi connectivity index (χ3v) is 1.67. The van der Waals surface area contributed by atoms with Gasteiger partial charge in [0, 0.05) is 0 Å². The zero-order chi connectivity index (χ0) is 10.0. The highest BCUT2D eigenvalue weighted by molar-refractivity contribution is 5.82. The highest BCUT2D eigenvalue weighted by atomic mass is 16.6. The number of nitro benzene ring substituents is 1. The molecule has 1 N–H and O–H groups in total. The Labute approximate surface area is 73.8 Å². The molecule has 0 fully saturated rings. The molecule has 0 aliphatic carbocycles. The molecule has 0 spiro atoms. The van der Waals surface area contributed by atoms with E-state index < -0.39 is 4.92 Å². The predicted octanol–water partition coefficient (Wildman–Crippen LogP) is 1.42. The first-order valence-corrected chi connectivity index (χ1v) is 3.49. The van der Waals surface area contributed by atoms with Gasteiger partial charge in [-0.1, -0.05) is 0 Å². The molecule has 1 aromatic rings. The molecule has 0 radical (unpaired) electrons. The normalized spacial score (nSPS) is 9.62. The molecule has 0 saturated carbocycles. The van der Waals surface area contributed by atoms with Gasteiger partial charge in [0.15, 0.2) is 6.29 Å². The van der Waals surface area contributed by atoms with Gasteiger partial charge in [0.1, 0.15) is 5.75 Å². The molecule has 5 nitrogen and oxygen atoms in total. The van der Waals surface area contributed by atoms with Crippen LogP contribution in [0.15, 0.2) is 12.1 Å². The fourth-order valence-electron chi connectivity index (χ4n) is 0.960. The highest BCUT2D eigenvalue weighted by Gasteiger charge is 2.15. The van der Waals surface area contributed by atoms with E-state index in [1.807, 2.05) is 0 Å². The van der Waals surface area contributed by atoms with E-state index in [4.69, 9.17) is 5.11 Å². The average molecular weight is 181 g/mol. The van der Waals surface area contributed by atoms with Crippen LogP contribution in [0.25, 0.3) is 0 Å². The molecular weight excluding hydrogens is 174 g/mol. The third kappa shape index (κ3) is 1.64. The van der Waals surface area contributed by atoms with Crippen molar-refractivity contribution >= 4 is 12.0 Å². The molecular formula is C8H7NO4. The number of hydrogen-bond donors (Lipinski definition) is 1. The predicted molar refractivity (Wildman–Crippen MR) is 44.9 cm³/mol. The summed E-state index contributed by atoms with van der Waals surface area (Å²) in [5.74, 6) is -0.183. The van der Waals surface area contributed by atoms with E-state index in [1.165, 1.54) is 6.07 Å².